The van der Waals surface area contributed by atoms with Gasteiger partial charge in [0.2, 0.25) is 0 Å². The smallest absolute Gasteiger partial charge is 0.354 e. The monoisotopic (exact) mass is 198 g/mol. The summed E-state index contributed by atoms with van der Waals surface area (Å²) in [6.45, 7) is 1.38. The molecule has 0 saturated heterocycles. The Balaban J connectivity index is 2.42. The highest BCUT2D eigenvalue weighted by Crippen LogP contribution is 2.02. The summed E-state index contributed by atoms with van der Waals surface area (Å²) < 4.78 is 6.53. The summed E-state index contributed by atoms with van der Waals surface area (Å²) in [5.41, 5.74) is 0.238. The Hall–Kier alpha value is -1.36. The summed E-state index contributed by atoms with van der Waals surface area (Å²) in [6, 6.07) is 0. The number of unbranched alkanes of at least 4 members (excludes halogenated alkanes) is 1. The predicted octanol–water partition coefficient (Wildman–Crippen LogP) is 1.01. The molecule has 1 rings (SSSR count). The van der Waals surface area contributed by atoms with Crippen molar-refractivity contribution in [3.8, 4) is 0 Å². The third-order valence-electron chi connectivity index (χ3n) is 1.93. The van der Waals surface area contributed by atoms with Gasteiger partial charge in [-0.25, -0.2) is 9.78 Å². The lowest BCUT2D eigenvalue weighted by molar-refractivity contribution is 0.0684. The molecule has 0 spiro atoms. The van der Waals surface area contributed by atoms with Crippen LogP contribution in [0, 0.1) is 0 Å². The molecule has 1 heterocycles. The van der Waals surface area contributed by atoms with Crippen LogP contribution in [0.25, 0.3) is 0 Å². The van der Waals surface area contributed by atoms with Gasteiger partial charge < -0.3 is 14.4 Å². The fraction of sp³-hybridized carbons (Fsp3) is 0.556. The van der Waals surface area contributed by atoms with Crippen LogP contribution in [-0.4, -0.2) is 34.3 Å². The SMILES string of the molecule is COCCCCn1cncc1C(=O)O. The van der Waals surface area contributed by atoms with Gasteiger partial charge in [0.05, 0.1) is 12.5 Å². The van der Waals surface area contributed by atoms with E-state index in [1.165, 1.54) is 12.5 Å². The highest BCUT2D eigenvalue weighted by atomic mass is 16.5. The van der Waals surface area contributed by atoms with Gasteiger partial charge >= 0.3 is 5.97 Å². The van der Waals surface area contributed by atoms with Crippen molar-refractivity contribution in [3.05, 3.63) is 18.2 Å². The van der Waals surface area contributed by atoms with E-state index >= 15 is 0 Å². The Kier molecular flexibility index (Phi) is 4.12. The normalized spacial score (nSPS) is 10.4. The number of hydrogen-bond donors (Lipinski definition) is 1. The summed E-state index contributed by atoms with van der Waals surface area (Å²) in [5.74, 6) is -0.936. The quantitative estimate of drug-likeness (QED) is 0.693. The number of imidazole rings is 1. The van der Waals surface area contributed by atoms with Gasteiger partial charge in [-0.05, 0) is 12.8 Å². The zero-order valence-electron chi connectivity index (χ0n) is 8.14. The molecule has 14 heavy (non-hydrogen) atoms. The van der Waals surface area contributed by atoms with Crippen molar-refractivity contribution in [2.45, 2.75) is 19.4 Å². The molecular weight excluding hydrogens is 184 g/mol. The molecule has 0 aromatic carbocycles. The van der Waals surface area contributed by atoms with Crippen molar-refractivity contribution in [3.63, 3.8) is 0 Å². The van der Waals surface area contributed by atoms with Crippen molar-refractivity contribution < 1.29 is 14.6 Å². The molecule has 0 aliphatic heterocycles. The average Bonchev–Trinajstić information content (AvgIpc) is 2.60. The predicted molar refractivity (Wildman–Crippen MR) is 50.3 cm³/mol. The second-order valence-electron chi connectivity index (χ2n) is 2.98. The minimum atomic E-state index is -0.936. The molecule has 0 saturated carbocycles. The molecular formula is C9H14N2O3. The maximum atomic E-state index is 10.7. The lowest BCUT2D eigenvalue weighted by Gasteiger charge is -2.04. The maximum absolute atomic E-state index is 10.7. The lowest BCUT2D eigenvalue weighted by atomic mass is 10.3. The number of rotatable bonds is 6. The molecule has 0 radical (unpaired) electrons. The van der Waals surface area contributed by atoms with Gasteiger partial charge in [-0.3, -0.25) is 0 Å². The van der Waals surface area contributed by atoms with Crippen molar-refractivity contribution in [1.82, 2.24) is 9.55 Å². The third kappa shape index (κ3) is 2.85. The Morgan fingerprint density at radius 3 is 3.07 bits per heavy atom. The average molecular weight is 198 g/mol. The van der Waals surface area contributed by atoms with Crippen LogP contribution in [0.2, 0.25) is 0 Å². The largest absolute Gasteiger partial charge is 0.477 e. The van der Waals surface area contributed by atoms with Gasteiger partial charge in [-0.1, -0.05) is 0 Å². The first-order valence-electron chi connectivity index (χ1n) is 4.48. The molecule has 0 amide bonds. The van der Waals surface area contributed by atoms with E-state index in [0.717, 1.165) is 12.8 Å². The van der Waals surface area contributed by atoms with Crippen LogP contribution < -0.4 is 0 Å². The van der Waals surface area contributed by atoms with Crippen LogP contribution in [0.5, 0.6) is 0 Å². The summed E-state index contributed by atoms with van der Waals surface area (Å²) in [4.78, 5) is 14.5. The number of methoxy groups -OCH3 is 1. The summed E-state index contributed by atoms with van der Waals surface area (Å²) in [7, 11) is 1.65. The second-order valence-corrected chi connectivity index (χ2v) is 2.98. The van der Waals surface area contributed by atoms with Crippen molar-refractivity contribution in [2.24, 2.45) is 0 Å². The van der Waals surface area contributed by atoms with Crippen molar-refractivity contribution in [1.29, 1.82) is 0 Å². The lowest BCUT2D eigenvalue weighted by Crippen LogP contribution is -2.08. The number of aryl methyl sites for hydroxylation is 1. The molecule has 0 unspecified atom stereocenters. The molecule has 0 aliphatic carbocycles. The molecule has 0 bridgehead atoms. The van der Waals surface area contributed by atoms with Crippen molar-refractivity contribution >= 4 is 5.97 Å². The topological polar surface area (TPSA) is 64.4 Å². The Morgan fingerprint density at radius 2 is 2.43 bits per heavy atom. The number of carboxylic acids is 1. The van der Waals surface area contributed by atoms with E-state index in [1.807, 2.05) is 0 Å². The first-order valence-corrected chi connectivity index (χ1v) is 4.48. The fourth-order valence-corrected chi connectivity index (χ4v) is 1.21. The van der Waals surface area contributed by atoms with E-state index in [-0.39, 0.29) is 5.69 Å². The molecule has 1 N–H and O–H groups in total. The number of nitrogens with zero attached hydrogens (tertiary/aromatic N) is 2. The molecule has 0 atom stereocenters. The number of ether oxygens (including phenoxy) is 1. The fourth-order valence-electron chi connectivity index (χ4n) is 1.21. The summed E-state index contributed by atoms with van der Waals surface area (Å²) in [5, 5.41) is 8.77. The standard InChI is InChI=1S/C9H14N2O3/c1-14-5-3-2-4-11-7-10-6-8(11)9(12)13/h6-7H,2-5H2,1H3,(H,12,13). The highest BCUT2D eigenvalue weighted by Gasteiger charge is 2.08. The van der Waals surface area contributed by atoms with Crippen LogP contribution in [0.3, 0.4) is 0 Å². The van der Waals surface area contributed by atoms with Crippen LogP contribution in [0.1, 0.15) is 23.3 Å². The molecule has 78 valence electrons. The van der Waals surface area contributed by atoms with Gasteiger partial charge in [-0.15, -0.1) is 0 Å². The molecule has 1 aromatic rings. The highest BCUT2D eigenvalue weighted by molar-refractivity contribution is 5.85. The van der Waals surface area contributed by atoms with Gasteiger partial charge in [0.25, 0.3) is 0 Å². The minimum absolute atomic E-state index is 0.238. The van der Waals surface area contributed by atoms with Crippen LogP contribution in [0.4, 0.5) is 0 Å². The van der Waals surface area contributed by atoms with E-state index in [4.69, 9.17) is 9.84 Å². The molecule has 5 heteroatoms. The number of carboxylic acid groups (broad SMARTS) is 1. The van der Waals surface area contributed by atoms with Crippen LogP contribution in [-0.2, 0) is 11.3 Å². The number of carbonyl (C=O) groups is 1. The van der Waals surface area contributed by atoms with Gasteiger partial charge in [0, 0.05) is 20.3 Å². The van der Waals surface area contributed by atoms with E-state index in [0.29, 0.717) is 13.2 Å². The minimum Gasteiger partial charge on any atom is -0.477 e. The van der Waals surface area contributed by atoms with Gasteiger partial charge in [0.1, 0.15) is 5.69 Å². The number of aromatic carboxylic acids is 1. The van der Waals surface area contributed by atoms with E-state index in [1.54, 1.807) is 11.7 Å². The first-order chi connectivity index (χ1) is 6.75. The van der Waals surface area contributed by atoms with Crippen LogP contribution in [0.15, 0.2) is 12.5 Å². The Bertz CT molecular complexity index is 296. The number of hydrogen-bond acceptors (Lipinski definition) is 3. The van der Waals surface area contributed by atoms with Gasteiger partial charge in [0.15, 0.2) is 0 Å². The summed E-state index contributed by atoms with van der Waals surface area (Å²) >= 11 is 0. The second kappa shape index (κ2) is 5.39. The Labute approximate surface area is 82.3 Å². The van der Waals surface area contributed by atoms with Crippen LogP contribution >= 0.6 is 0 Å². The Morgan fingerprint density at radius 1 is 1.64 bits per heavy atom. The van der Waals surface area contributed by atoms with E-state index < -0.39 is 5.97 Å². The van der Waals surface area contributed by atoms with Crippen molar-refractivity contribution in [2.75, 3.05) is 13.7 Å². The maximum Gasteiger partial charge on any atom is 0.354 e. The molecule has 0 fully saturated rings. The zero-order valence-corrected chi connectivity index (χ0v) is 8.14. The van der Waals surface area contributed by atoms with E-state index in [9.17, 15) is 4.79 Å². The third-order valence-corrected chi connectivity index (χ3v) is 1.93. The molecule has 1 aromatic heterocycles. The van der Waals surface area contributed by atoms with Gasteiger partial charge in [-0.2, -0.15) is 0 Å². The molecule has 5 nitrogen and oxygen atoms in total. The number of aromatic nitrogens is 2. The first kappa shape index (κ1) is 10.7. The molecule has 0 aliphatic rings. The van der Waals surface area contributed by atoms with E-state index in [2.05, 4.69) is 4.98 Å². The summed E-state index contributed by atoms with van der Waals surface area (Å²) in [6.07, 6.45) is 4.72. The zero-order chi connectivity index (χ0) is 10.4.